The second-order valence-corrected chi connectivity index (χ2v) is 8.73. The molecule has 2 aromatic rings. The molecule has 0 saturated carbocycles. The minimum atomic E-state index is -0.301. The molecule has 4 heterocycles. The van der Waals surface area contributed by atoms with Crippen LogP contribution in [0.1, 0.15) is 22.8 Å². The topological polar surface area (TPSA) is 84.9 Å². The van der Waals surface area contributed by atoms with Crippen LogP contribution in [0.5, 0.6) is 0 Å². The molecule has 9 heteroatoms. The van der Waals surface area contributed by atoms with Gasteiger partial charge >= 0.3 is 0 Å². The Labute approximate surface area is 179 Å². The average Bonchev–Trinajstić information content (AvgIpc) is 3.40. The number of ether oxygens (including phenoxy) is 2. The van der Waals surface area contributed by atoms with Crippen molar-refractivity contribution in [1.29, 1.82) is 0 Å². The molecule has 4 rings (SSSR count). The summed E-state index contributed by atoms with van der Waals surface area (Å²) in [6.45, 7) is 4.55. The van der Waals surface area contributed by atoms with Gasteiger partial charge in [-0.1, -0.05) is 6.07 Å². The summed E-state index contributed by atoms with van der Waals surface area (Å²) in [5, 5.41) is 2.93. The number of nitrogens with zero attached hydrogens (tertiary/aromatic N) is 4. The first kappa shape index (κ1) is 20.9. The van der Waals surface area contributed by atoms with E-state index in [0.717, 1.165) is 16.4 Å². The zero-order valence-corrected chi connectivity index (χ0v) is 17.8. The summed E-state index contributed by atoms with van der Waals surface area (Å²) < 4.78 is 11.5. The van der Waals surface area contributed by atoms with Crippen molar-refractivity contribution in [2.45, 2.75) is 32.6 Å². The maximum Gasteiger partial charge on any atom is 0.242 e. The fourth-order valence-electron chi connectivity index (χ4n) is 3.76. The molecule has 30 heavy (non-hydrogen) atoms. The molecule has 0 radical (unpaired) electrons. The molecular formula is C21H26N4O4S. The van der Waals surface area contributed by atoms with Gasteiger partial charge in [0.1, 0.15) is 0 Å². The van der Waals surface area contributed by atoms with Crippen LogP contribution in [0.3, 0.4) is 0 Å². The quantitative estimate of drug-likeness (QED) is 0.693. The molecule has 8 nitrogen and oxygen atoms in total. The van der Waals surface area contributed by atoms with E-state index >= 15 is 0 Å². The number of amides is 2. The van der Waals surface area contributed by atoms with Gasteiger partial charge in [0, 0.05) is 31.3 Å². The lowest BCUT2D eigenvalue weighted by Crippen LogP contribution is -2.43. The monoisotopic (exact) mass is 430 g/mol. The van der Waals surface area contributed by atoms with Gasteiger partial charge in [0.25, 0.3) is 0 Å². The van der Waals surface area contributed by atoms with Gasteiger partial charge in [0.05, 0.1) is 54.7 Å². The van der Waals surface area contributed by atoms with E-state index in [1.54, 1.807) is 27.3 Å². The first-order chi connectivity index (χ1) is 14.6. The molecule has 0 unspecified atom stereocenters. The zero-order chi connectivity index (χ0) is 20.9. The van der Waals surface area contributed by atoms with Crippen molar-refractivity contribution in [3.63, 3.8) is 0 Å². The summed E-state index contributed by atoms with van der Waals surface area (Å²) in [5.74, 6) is -0.294. The minimum absolute atomic E-state index is 0.0290. The summed E-state index contributed by atoms with van der Waals surface area (Å²) in [6, 6.07) is 5.67. The summed E-state index contributed by atoms with van der Waals surface area (Å²) >= 11 is 1.56. The van der Waals surface area contributed by atoms with Crippen LogP contribution < -0.4 is 0 Å². The summed E-state index contributed by atoms with van der Waals surface area (Å²) in [4.78, 5) is 38.1. The van der Waals surface area contributed by atoms with E-state index in [1.165, 1.54) is 0 Å². The number of hydrogen-bond donors (Lipinski definition) is 0. The fourth-order valence-corrected chi connectivity index (χ4v) is 4.36. The van der Waals surface area contributed by atoms with Crippen LogP contribution >= 0.6 is 11.3 Å². The highest BCUT2D eigenvalue weighted by atomic mass is 32.1. The third-order valence-electron chi connectivity index (χ3n) is 5.33. The summed E-state index contributed by atoms with van der Waals surface area (Å²) in [5.41, 5.74) is 1.68. The third kappa shape index (κ3) is 5.21. The van der Waals surface area contributed by atoms with Crippen LogP contribution in [0.2, 0.25) is 0 Å². The Kier molecular flexibility index (Phi) is 6.71. The number of carbonyl (C=O) groups excluding carboxylic acids is 2. The van der Waals surface area contributed by atoms with Gasteiger partial charge in [-0.15, -0.1) is 11.3 Å². The minimum Gasteiger partial charge on any atom is -0.381 e. The van der Waals surface area contributed by atoms with Gasteiger partial charge in [-0.2, -0.15) is 0 Å². The highest BCUT2D eigenvalue weighted by Gasteiger charge is 2.35. The van der Waals surface area contributed by atoms with Crippen LogP contribution in [0, 0.1) is 12.8 Å². The molecule has 2 aromatic heterocycles. The van der Waals surface area contributed by atoms with Gasteiger partial charge in [-0.3, -0.25) is 14.6 Å². The average molecular weight is 431 g/mol. The van der Waals surface area contributed by atoms with Crippen molar-refractivity contribution < 1.29 is 19.1 Å². The molecule has 2 fully saturated rings. The number of aromatic nitrogens is 2. The predicted octanol–water partition coefficient (Wildman–Crippen LogP) is 1.64. The normalized spacial score (nSPS) is 22.4. The molecule has 0 N–H and O–H groups in total. The first-order valence-electron chi connectivity index (χ1n) is 10.2. The van der Waals surface area contributed by atoms with Gasteiger partial charge in [0.2, 0.25) is 11.8 Å². The van der Waals surface area contributed by atoms with Gasteiger partial charge in [-0.05, 0) is 25.5 Å². The summed E-state index contributed by atoms with van der Waals surface area (Å²) in [6.07, 6.45) is 2.12. The maximum absolute atomic E-state index is 13.0. The standard InChI is InChI=1S/C21H26N4O4S/c1-15-23-18(14-30-15)8-24-9-19(29-13-17-4-2-3-6-22-17)10-25(11-20(24)26)21(27)16-5-7-28-12-16/h2-4,6,14,16,19H,5,7-13H2,1H3/t16-,19-/m1/s1. The highest BCUT2D eigenvalue weighted by Crippen LogP contribution is 2.20. The van der Waals surface area contributed by atoms with Crippen molar-refractivity contribution >= 4 is 23.2 Å². The Balaban J connectivity index is 1.48. The van der Waals surface area contributed by atoms with Gasteiger partial charge < -0.3 is 19.3 Å². The van der Waals surface area contributed by atoms with E-state index in [4.69, 9.17) is 9.47 Å². The van der Waals surface area contributed by atoms with Gasteiger partial charge in [0.15, 0.2) is 0 Å². The molecule has 2 aliphatic heterocycles. The summed E-state index contributed by atoms with van der Waals surface area (Å²) in [7, 11) is 0. The third-order valence-corrected chi connectivity index (χ3v) is 6.15. The van der Waals surface area contributed by atoms with E-state index < -0.39 is 0 Å². The number of rotatable bonds is 6. The molecule has 2 atom stereocenters. The van der Waals surface area contributed by atoms with Crippen molar-refractivity contribution in [3.05, 3.63) is 46.2 Å². The Morgan fingerprint density at radius 1 is 1.33 bits per heavy atom. The van der Waals surface area contributed by atoms with Crippen molar-refractivity contribution in [2.75, 3.05) is 32.8 Å². The molecule has 2 aliphatic rings. The van der Waals surface area contributed by atoms with Crippen molar-refractivity contribution in [3.8, 4) is 0 Å². The molecule has 0 aliphatic carbocycles. The fraction of sp³-hybridized carbons (Fsp3) is 0.524. The first-order valence-corrected chi connectivity index (χ1v) is 11.0. The van der Waals surface area contributed by atoms with E-state index in [9.17, 15) is 9.59 Å². The molecule has 0 bridgehead atoms. The molecule has 2 saturated heterocycles. The Morgan fingerprint density at radius 2 is 2.23 bits per heavy atom. The van der Waals surface area contributed by atoms with Crippen LogP contribution in [0.15, 0.2) is 29.8 Å². The van der Waals surface area contributed by atoms with E-state index in [0.29, 0.717) is 45.9 Å². The Hall–Kier alpha value is -2.36. The molecule has 2 amide bonds. The van der Waals surface area contributed by atoms with E-state index in [1.807, 2.05) is 30.5 Å². The van der Waals surface area contributed by atoms with Crippen molar-refractivity contribution in [1.82, 2.24) is 19.8 Å². The Bertz CT molecular complexity index is 869. The number of carbonyl (C=O) groups is 2. The van der Waals surface area contributed by atoms with E-state index in [2.05, 4.69) is 9.97 Å². The largest absolute Gasteiger partial charge is 0.381 e. The highest BCUT2D eigenvalue weighted by molar-refractivity contribution is 7.09. The maximum atomic E-state index is 13.0. The van der Waals surface area contributed by atoms with Gasteiger partial charge in [-0.25, -0.2) is 4.98 Å². The lowest BCUT2D eigenvalue weighted by atomic mass is 10.1. The Morgan fingerprint density at radius 3 is 2.93 bits per heavy atom. The lowest BCUT2D eigenvalue weighted by Gasteiger charge is -2.25. The second kappa shape index (κ2) is 9.63. The number of thiazole rings is 1. The lowest BCUT2D eigenvalue weighted by molar-refractivity contribution is -0.141. The number of aryl methyl sites for hydroxylation is 1. The predicted molar refractivity (Wildman–Crippen MR) is 111 cm³/mol. The van der Waals surface area contributed by atoms with Crippen LogP contribution in [0.4, 0.5) is 0 Å². The number of pyridine rings is 1. The number of hydrogen-bond acceptors (Lipinski definition) is 7. The van der Waals surface area contributed by atoms with Crippen molar-refractivity contribution in [2.24, 2.45) is 5.92 Å². The second-order valence-electron chi connectivity index (χ2n) is 7.67. The SMILES string of the molecule is Cc1nc(CN2C[C@@H](OCc3ccccn3)CN(C(=O)[C@@H]3CCOC3)CC2=O)cs1. The van der Waals surface area contributed by atoms with Crippen LogP contribution in [-0.2, 0) is 32.2 Å². The molecule has 0 spiro atoms. The van der Waals surface area contributed by atoms with Crippen LogP contribution in [-0.4, -0.2) is 70.5 Å². The molecular weight excluding hydrogens is 404 g/mol. The van der Waals surface area contributed by atoms with Crippen LogP contribution in [0.25, 0.3) is 0 Å². The molecule has 0 aromatic carbocycles. The molecule has 160 valence electrons. The smallest absolute Gasteiger partial charge is 0.242 e. The van der Waals surface area contributed by atoms with E-state index in [-0.39, 0.29) is 30.4 Å². The zero-order valence-electron chi connectivity index (χ0n) is 17.0.